The minimum atomic E-state index is -0.345. The lowest BCUT2D eigenvalue weighted by atomic mass is 10.1. The first-order valence-corrected chi connectivity index (χ1v) is 8.73. The Bertz CT molecular complexity index is 621. The normalized spacial score (nSPS) is 22.7. The molecule has 26 heavy (non-hydrogen) atoms. The molecule has 0 radical (unpaired) electrons. The predicted molar refractivity (Wildman–Crippen MR) is 97.6 cm³/mol. The van der Waals surface area contributed by atoms with E-state index in [2.05, 4.69) is 0 Å². The van der Waals surface area contributed by atoms with Crippen molar-refractivity contribution in [3.63, 3.8) is 0 Å². The van der Waals surface area contributed by atoms with Crippen LogP contribution in [0.2, 0.25) is 0 Å². The van der Waals surface area contributed by atoms with Crippen LogP contribution >= 0.6 is 12.4 Å². The summed E-state index contributed by atoms with van der Waals surface area (Å²) in [6.45, 7) is 2.03. The topological polar surface area (TPSA) is 75.9 Å². The average molecular weight is 386 g/mol. The van der Waals surface area contributed by atoms with Gasteiger partial charge in [-0.25, -0.2) is 4.39 Å². The van der Waals surface area contributed by atoms with Gasteiger partial charge in [-0.2, -0.15) is 0 Å². The number of ether oxygens (including phenoxy) is 1. The lowest BCUT2D eigenvalue weighted by Gasteiger charge is -2.36. The number of nitrogens with two attached hydrogens (primary N) is 1. The quantitative estimate of drug-likeness (QED) is 0.850. The first-order valence-electron chi connectivity index (χ1n) is 8.73. The van der Waals surface area contributed by atoms with Gasteiger partial charge in [-0.3, -0.25) is 9.59 Å². The number of hydrogen-bond donors (Lipinski definition) is 1. The summed E-state index contributed by atoms with van der Waals surface area (Å²) in [6, 6.07) is 5.70. The van der Waals surface area contributed by atoms with Crippen molar-refractivity contribution >= 4 is 24.2 Å². The molecular formula is C18H25ClFN3O3. The molecule has 3 rings (SSSR count). The van der Waals surface area contributed by atoms with Crippen molar-refractivity contribution < 1.29 is 18.7 Å². The molecule has 2 atom stereocenters. The molecule has 0 bridgehead atoms. The first-order chi connectivity index (χ1) is 12.0. The Hall–Kier alpha value is -1.86. The van der Waals surface area contributed by atoms with Crippen LogP contribution in [0.5, 0.6) is 5.75 Å². The van der Waals surface area contributed by atoms with E-state index in [9.17, 15) is 14.0 Å². The van der Waals surface area contributed by atoms with E-state index in [1.54, 1.807) is 4.90 Å². The summed E-state index contributed by atoms with van der Waals surface area (Å²) in [4.78, 5) is 28.2. The van der Waals surface area contributed by atoms with Gasteiger partial charge in [0, 0.05) is 38.1 Å². The van der Waals surface area contributed by atoms with Crippen molar-refractivity contribution in [3.8, 4) is 5.75 Å². The van der Waals surface area contributed by atoms with Crippen LogP contribution in [0.15, 0.2) is 24.3 Å². The van der Waals surface area contributed by atoms with Gasteiger partial charge in [-0.05, 0) is 43.5 Å². The van der Waals surface area contributed by atoms with Crippen LogP contribution in [0.25, 0.3) is 0 Å². The molecule has 1 aromatic carbocycles. The monoisotopic (exact) mass is 385 g/mol. The molecule has 1 saturated heterocycles. The highest BCUT2D eigenvalue weighted by Gasteiger charge is 2.33. The van der Waals surface area contributed by atoms with E-state index >= 15 is 0 Å². The third-order valence-electron chi connectivity index (χ3n) is 4.94. The highest BCUT2D eigenvalue weighted by molar-refractivity contribution is 5.85. The zero-order valence-electron chi connectivity index (χ0n) is 14.6. The van der Waals surface area contributed by atoms with Crippen LogP contribution in [0.3, 0.4) is 0 Å². The molecule has 2 fully saturated rings. The van der Waals surface area contributed by atoms with E-state index in [0.717, 1.165) is 19.3 Å². The highest BCUT2D eigenvalue weighted by atomic mass is 35.5. The van der Waals surface area contributed by atoms with Gasteiger partial charge >= 0.3 is 0 Å². The molecule has 1 aliphatic heterocycles. The minimum Gasteiger partial charge on any atom is -0.484 e. The highest BCUT2D eigenvalue weighted by Crippen LogP contribution is 2.26. The zero-order valence-corrected chi connectivity index (χ0v) is 15.4. The van der Waals surface area contributed by atoms with Crippen LogP contribution in [-0.2, 0) is 9.59 Å². The number of carbonyl (C=O) groups excluding carboxylic acids is 2. The zero-order chi connectivity index (χ0) is 17.8. The average Bonchev–Trinajstić information content (AvgIpc) is 3.07. The van der Waals surface area contributed by atoms with Crippen molar-refractivity contribution in [1.82, 2.24) is 9.80 Å². The molecule has 6 nitrogen and oxygen atoms in total. The van der Waals surface area contributed by atoms with E-state index in [0.29, 0.717) is 31.9 Å². The molecular weight excluding hydrogens is 361 g/mol. The van der Waals surface area contributed by atoms with E-state index < -0.39 is 0 Å². The Balaban J connectivity index is 0.00000243. The molecule has 0 aromatic heterocycles. The molecule has 1 heterocycles. The van der Waals surface area contributed by atoms with E-state index in [4.69, 9.17) is 10.5 Å². The SMILES string of the molecule is Cl.NC1CCC(C(=O)N2CCN(C(=O)COc3ccc(F)cc3)CC2)C1. The van der Waals surface area contributed by atoms with Crippen molar-refractivity contribution in [2.75, 3.05) is 32.8 Å². The maximum Gasteiger partial charge on any atom is 0.260 e. The van der Waals surface area contributed by atoms with Crippen molar-refractivity contribution in [2.45, 2.75) is 25.3 Å². The second kappa shape index (κ2) is 9.19. The van der Waals surface area contributed by atoms with Gasteiger partial charge in [0.25, 0.3) is 5.91 Å². The second-order valence-corrected chi connectivity index (χ2v) is 6.72. The van der Waals surface area contributed by atoms with Crippen molar-refractivity contribution in [3.05, 3.63) is 30.1 Å². The number of nitrogens with zero attached hydrogens (tertiary/aromatic N) is 2. The molecule has 2 N–H and O–H groups in total. The molecule has 1 aliphatic carbocycles. The summed E-state index contributed by atoms with van der Waals surface area (Å²) in [6.07, 6.45) is 2.55. The largest absolute Gasteiger partial charge is 0.484 e. The fourth-order valence-corrected chi connectivity index (χ4v) is 3.44. The summed E-state index contributed by atoms with van der Waals surface area (Å²) < 4.78 is 18.2. The van der Waals surface area contributed by atoms with Gasteiger partial charge in [-0.15, -0.1) is 12.4 Å². The Morgan fingerprint density at radius 1 is 1.08 bits per heavy atom. The third kappa shape index (κ3) is 5.08. The van der Waals surface area contributed by atoms with Crippen LogP contribution in [-0.4, -0.2) is 60.4 Å². The fourth-order valence-electron chi connectivity index (χ4n) is 3.44. The minimum absolute atomic E-state index is 0. The molecule has 144 valence electrons. The van der Waals surface area contributed by atoms with Crippen molar-refractivity contribution in [1.29, 1.82) is 0 Å². The lowest BCUT2D eigenvalue weighted by Crippen LogP contribution is -2.52. The number of rotatable bonds is 4. The predicted octanol–water partition coefficient (Wildman–Crippen LogP) is 1.42. The number of carbonyl (C=O) groups is 2. The smallest absolute Gasteiger partial charge is 0.260 e. The molecule has 1 aromatic rings. The van der Waals surface area contributed by atoms with E-state index in [-0.39, 0.29) is 48.6 Å². The first kappa shape index (κ1) is 20.5. The van der Waals surface area contributed by atoms with Gasteiger partial charge in [-0.1, -0.05) is 0 Å². The Morgan fingerprint density at radius 2 is 1.69 bits per heavy atom. The van der Waals surface area contributed by atoms with Crippen LogP contribution in [0.1, 0.15) is 19.3 Å². The van der Waals surface area contributed by atoms with E-state index in [1.165, 1.54) is 24.3 Å². The molecule has 0 spiro atoms. The Kier molecular flexibility index (Phi) is 7.23. The van der Waals surface area contributed by atoms with Gasteiger partial charge < -0.3 is 20.3 Å². The fraction of sp³-hybridized carbons (Fsp3) is 0.556. The molecule has 1 saturated carbocycles. The lowest BCUT2D eigenvalue weighted by molar-refractivity contribution is -0.142. The van der Waals surface area contributed by atoms with Gasteiger partial charge in [0.2, 0.25) is 5.91 Å². The van der Waals surface area contributed by atoms with Crippen LogP contribution in [0, 0.1) is 11.7 Å². The molecule has 2 unspecified atom stereocenters. The number of amides is 2. The summed E-state index contributed by atoms with van der Waals surface area (Å²) in [5.74, 6) is 0.199. The van der Waals surface area contributed by atoms with Gasteiger partial charge in [0.05, 0.1) is 0 Å². The number of halogens is 2. The second-order valence-electron chi connectivity index (χ2n) is 6.72. The summed E-state index contributed by atoms with van der Waals surface area (Å²) in [5.41, 5.74) is 5.89. The van der Waals surface area contributed by atoms with Gasteiger partial charge in [0.1, 0.15) is 11.6 Å². The standard InChI is InChI=1S/C18H24FN3O3.ClH/c19-14-2-5-16(6-3-14)25-12-17(23)21-7-9-22(10-8-21)18(24)13-1-4-15(20)11-13;/h2-3,5-6,13,15H,1,4,7-12,20H2;1H. The third-order valence-corrected chi connectivity index (χ3v) is 4.94. The van der Waals surface area contributed by atoms with Crippen molar-refractivity contribution in [2.24, 2.45) is 11.7 Å². The van der Waals surface area contributed by atoms with Gasteiger partial charge in [0.15, 0.2) is 6.61 Å². The summed E-state index contributed by atoms with van der Waals surface area (Å²) in [5, 5.41) is 0. The number of hydrogen-bond acceptors (Lipinski definition) is 4. The summed E-state index contributed by atoms with van der Waals surface area (Å²) in [7, 11) is 0. The molecule has 2 aliphatic rings. The summed E-state index contributed by atoms with van der Waals surface area (Å²) >= 11 is 0. The number of benzene rings is 1. The molecule has 2 amide bonds. The Morgan fingerprint density at radius 3 is 2.27 bits per heavy atom. The Labute approximate surface area is 158 Å². The van der Waals surface area contributed by atoms with Crippen LogP contribution in [0.4, 0.5) is 4.39 Å². The number of piperazine rings is 1. The van der Waals surface area contributed by atoms with Crippen LogP contribution < -0.4 is 10.5 Å². The van der Waals surface area contributed by atoms with E-state index in [1.807, 2.05) is 4.90 Å². The maximum atomic E-state index is 12.8. The molecule has 8 heteroatoms. The maximum absolute atomic E-state index is 12.8.